The Balaban J connectivity index is 1.74. The van der Waals surface area contributed by atoms with Gasteiger partial charge in [0.2, 0.25) is 0 Å². The third kappa shape index (κ3) is 4.21. The Hall–Kier alpha value is -2.76. The highest BCUT2D eigenvalue weighted by molar-refractivity contribution is 5.95. The number of methoxy groups -OCH3 is 2. The van der Waals surface area contributed by atoms with Gasteiger partial charge < -0.3 is 19.7 Å². The average molecular weight is 386 g/mol. The van der Waals surface area contributed by atoms with Gasteiger partial charge in [0.05, 0.1) is 14.2 Å². The molecule has 0 saturated carbocycles. The molecule has 3 rings (SSSR count). The zero-order valence-electron chi connectivity index (χ0n) is 16.8. The van der Waals surface area contributed by atoms with Gasteiger partial charge >= 0.3 is 0 Å². The van der Waals surface area contributed by atoms with E-state index in [1.54, 1.807) is 32.4 Å². The summed E-state index contributed by atoms with van der Waals surface area (Å²) < 4.78 is 24.1. The first-order valence-electron chi connectivity index (χ1n) is 9.47. The van der Waals surface area contributed by atoms with Gasteiger partial charge in [0.15, 0.2) is 0 Å². The van der Waals surface area contributed by atoms with E-state index in [0.717, 1.165) is 36.2 Å². The largest absolute Gasteiger partial charge is 0.496 e. The van der Waals surface area contributed by atoms with Gasteiger partial charge in [-0.05, 0) is 62.6 Å². The number of anilines is 1. The third-order valence-electron chi connectivity index (χ3n) is 5.27. The smallest absolute Gasteiger partial charge is 0.251 e. The molecule has 1 aliphatic heterocycles. The summed E-state index contributed by atoms with van der Waals surface area (Å²) in [6.45, 7) is 5.39. The van der Waals surface area contributed by atoms with Crippen molar-refractivity contribution in [1.82, 2.24) is 5.32 Å². The van der Waals surface area contributed by atoms with Crippen LogP contribution in [-0.4, -0.2) is 39.3 Å². The first-order chi connectivity index (χ1) is 13.4. The summed E-state index contributed by atoms with van der Waals surface area (Å²) in [5.74, 6) is 0.859. The molecular weight excluding hydrogens is 359 g/mol. The maximum atomic E-state index is 13.4. The number of piperidine rings is 1. The van der Waals surface area contributed by atoms with Crippen molar-refractivity contribution in [3.8, 4) is 11.5 Å². The van der Waals surface area contributed by atoms with Gasteiger partial charge in [0, 0.05) is 35.9 Å². The molecule has 28 heavy (non-hydrogen) atoms. The van der Waals surface area contributed by atoms with E-state index in [1.807, 2.05) is 19.9 Å². The highest BCUT2D eigenvalue weighted by Crippen LogP contribution is 2.30. The second kappa shape index (κ2) is 8.50. The summed E-state index contributed by atoms with van der Waals surface area (Å²) in [4.78, 5) is 15.0. The number of ether oxygens (including phenoxy) is 2. The van der Waals surface area contributed by atoms with Crippen LogP contribution < -0.4 is 19.7 Å². The highest BCUT2D eigenvalue weighted by atomic mass is 19.1. The Morgan fingerprint density at radius 3 is 2.43 bits per heavy atom. The summed E-state index contributed by atoms with van der Waals surface area (Å²) in [5.41, 5.74) is 3.28. The molecule has 1 aliphatic rings. The fraction of sp³-hybridized carbons (Fsp3) is 0.409. The molecule has 1 saturated heterocycles. The Kier molecular flexibility index (Phi) is 6.07. The normalized spacial score (nSPS) is 16.6. The van der Waals surface area contributed by atoms with Gasteiger partial charge in [0.1, 0.15) is 17.3 Å². The molecule has 6 heteroatoms. The van der Waals surface area contributed by atoms with Crippen LogP contribution in [0.4, 0.5) is 10.1 Å². The number of nitrogens with zero attached hydrogens (tertiary/aromatic N) is 1. The number of benzene rings is 2. The molecule has 150 valence electrons. The highest BCUT2D eigenvalue weighted by Gasteiger charge is 2.24. The van der Waals surface area contributed by atoms with Crippen LogP contribution in [0.5, 0.6) is 11.5 Å². The molecule has 1 N–H and O–H groups in total. The number of hydrogen-bond acceptors (Lipinski definition) is 4. The van der Waals surface area contributed by atoms with Gasteiger partial charge in [-0.15, -0.1) is 0 Å². The Bertz CT molecular complexity index is 844. The van der Waals surface area contributed by atoms with Crippen LogP contribution in [0.1, 0.15) is 34.3 Å². The molecule has 1 fully saturated rings. The fourth-order valence-electron chi connectivity index (χ4n) is 3.77. The number of nitrogens with one attached hydrogen (secondary N) is 1. The fourth-order valence-corrected chi connectivity index (χ4v) is 3.77. The zero-order valence-corrected chi connectivity index (χ0v) is 16.8. The third-order valence-corrected chi connectivity index (χ3v) is 5.27. The first kappa shape index (κ1) is 20.0. The van der Waals surface area contributed by atoms with E-state index >= 15 is 0 Å². The van der Waals surface area contributed by atoms with Crippen molar-refractivity contribution >= 4 is 11.6 Å². The van der Waals surface area contributed by atoms with Gasteiger partial charge in [-0.25, -0.2) is 4.39 Å². The van der Waals surface area contributed by atoms with Crippen LogP contribution in [0.2, 0.25) is 0 Å². The van der Waals surface area contributed by atoms with Crippen molar-refractivity contribution in [3.63, 3.8) is 0 Å². The lowest BCUT2D eigenvalue weighted by Gasteiger charge is -2.35. The van der Waals surface area contributed by atoms with Gasteiger partial charge in [0.25, 0.3) is 5.91 Å². The monoisotopic (exact) mass is 386 g/mol. The minimum atomic E-state index is -0.231. The van der Waals surface area contributed by atoms with Crippen molar-refractivity contribution in [2.75, 3.05) is 32.2 Å². The van der Waals surface area contributed by atoms with Crippen molar-refractivity contribution in [2.45, 2.75) is 32.7 Å². The molecule has 0 bridgehead atoms. The standard InChI is InChI=1S/C22H27FN2O3/c1-14-10-17(23)7-8-19(14)25-9-5-6-18(13-25)24-22(26)16-11-20(27-3)15(2)21(12-16)28-4/h7-8,10-12,18H,5-6,9,13H2,1-4H3,(H,24,26). The van der Waals surface area contributed by atoms with Gasteiger partial charge in [-0.3, -0.25) is 4.79 Å². The van der Waals surface area contributed by atoms with Crippen molar-refractivity contribution in [1.29, 1.82) is 0 Å². The Morgan fingerprint density at radius 2 is 1.82 bits per heavy atom. The number of amides is 1. The number of carbonyl (C=O) groups is 1. The van der Waals surface area contributed by atoms with Crippen LogP contribution in [-0.2, 0) is 0 Å². The maximum absolute atomic E-state index is 13.4. The number of halogens is 1. The molecule has 0 aliphatic carbocycles. The quantitative estimate of drug-likeness (QED) is 0.848. The second-order valence-electron chi connectivity index (χ2n) is 7.20. The molecule has 0 spiro atoms. The van der Waals surface area contributed by atoms with E-state index < -0.39 is 0 Å². The summed E-state index contributed by atoms with van der Waals surface area (Å²) in [6.07, 6.45) is 1.87. The average Bonchev–Trinajstić information content (AvgIpc) is 2.68. The van der Waals surface area contributed by atoms with Crippen molar-refractivity contribution in [3.05, 3.63) is 52.8 Å². The molecular formula is C22H27FN2O3. The number of rotatable bonds is 5. The lowest BCUT2D eigenvalue weighted by Crippen LogP contribution is -2.48. The van der Waals surface area contributed by atoms with Crippen LogP contribution in [0, 0.1) is 19.7 Å². The minimum absolute atomic E-state index is 0.0176. The van der Waals surface area contributed by atoms with E-state index in [1.165, 1.54) is 6.07 Å². The number of carbonyl (C=O) groups excluding carboxylic acids is 1. The topological polar surface area (TPSA) is 50.8 Å². The first-order valence-corrected chi connectivity index (χ1v) is 9.47. The van der Waals surface area contributed by atoms with Crippen LogP contribution >= 0.6 is 0 Å². The van der Waals surface area contributed by atoms with E-state index in [9.17, 15) is 9.18 Å². The summed E-state index contributed by atoms with van der Waals surface area (Å²) in [5, 5.41) is 3.12. The predicted octanol–water partition coefficient (Wildman–Crippen LogP) is 3.86. The molecule has 1 unspecified atom stereocenters. The molecule has 1 heterocycles. The molecule has 5 nitrogen and oxygen atoms in total. The van der Waals surface area contributed by atoms with E-state index in [0.29, 0.717) is 23.6 Å². The molecule has 2 aromatic carbocycles. The molecule has 0 radical (unpaired) electrons. The predicted molar refractivity (Wildman–Crippen MR) is 108 cm³/mol. The molecule has 2 aromatic rings. The zero-order chi connectivity index (χ0) is 20.3. The van der Waals surface area contributed by atoms with Crippen LogP contribution in [0.15, 0.2) is 30.3 Å². The van der Waals surface area contributed by atoms with Gasteiger partial charge in [-0.2, -0.15) is 0 Å². The van der Waals surface area contributed by atoms with E-state index in [4.69, 9.17) is 9.47 Å². The number of aryl methyl sites for hydroxylation is 1. The van der Waals surface area contributed by atoms with Crippen LogP contribution in [0.25, 0.3) is 0 Å². The summed E-state index contributed by atoms with van der Waals surface area (Å²) >= 11 is 0. The van der Waals surface area contributed by atoms with Gasteiger partial charge in [-0.1, -0.05) is 0 Å². The van der Waals surface area contributed by atoms with Crippen LogP contribution in [0.3, 0.4) is 0 Å². The second-order valence-corrected chi connectivity index (χ2v) is 7.20. The molecule has 1 atom stereocenters. The van der Waals surface area contributed by atoms with E-state index in [2.05, 4.69) is 10.2 Å². The number of hydrogen-bond donors (Lipinski definition) is 1. The van der Waals surface area contributed by atoms with Crippen molar-refractivity contribution in [2.24, 2.45) is 0 Å². The minimum Gasteiger partial charge on any atom is -0.496 e. The summed E-state index contributed by atoms with van der Waals surface area (Å²) in [7, 11) is 3.15. The maximum Gasteiger partial charge on any atom is 0.251 e. The lowest BCUT2D eigenvalue weighted by atomic mass is 10.0. The summed E-state index contributed by atoms with van der Waals surface area (Å²) in [6, 6.07) is 8.32. The SMILES string of the molecule is COc1cc(C(=O)NC2CCCN(c3ccc(F)cc3C)C2)cc(OC)c1C. The molecule has 1 amide bonds. The van der Waals surface area contributed by atoms with E-state index in [-0.39, 0.29) is 17.8 Å². The Labute approximate surface area is 165 Å². The van der Waals surface area contributed by atoms with Crippen molar-refractivity contribution < 1.29 is 18.7 Å². The Morgan fingerprint density at radius 1 is 1.14 bits per heavy atom. The molecule has 0 aromatic heterocycles. The lowest BCUT2D eigenvalue weighted by molar-refractivity contribution is 0.0932.